The molecule has 0 aromatic carbocycles. The number of amides is 1. The van der Waals surface area contributed by atoms with E-state index in [1.165, 1.54) is 11.8 Å². The third kappa shape index (κ3) is 4.95. The highest BCUT2D eigenvalue weighted by Crippen LogP contribution is 2.22. The van der Waals surface area contributed by atoms with Gasteiger partial charge in [-0.1, -0.05) is 23.2 Å². The number of carbonyl (C=O) groups is 1. The zero-order chi connectivity index (χ0) is 15.2. The van der Waals surface area contributed by atoms with Crippen molar-refractivity contribution >= 4 is 40.9 Å². The Bertz CT molecular complexity index is 605. The van der Waals surface area contributed by atoms with Crippen molar-refractivity contribution < 1.29 is 9.21 Å². The van der Waals surface area contributed by atoms with E-state index < -0.39 is 0 Å². The Morgan fingerprint density at radius 3 is 2.95 bits per heavy atom. The van der Waals surface area contributed by atoms with Crippen molar-refractivity contribution in [2.24, 2.45) is 0 Å². The fourth-order valence-corrected chi connectivity index (χ4v) is 3.07. The van der Waals surface area contributed by atoms with Crippen molar-refractivity contribution in [2.45, 2.75) is 12.3 Å². The first-order chi connectivity index (χ1) is 10.1. The second-order valence-electron chi connectivity index (χ2n) is 4.40. The molecule has 2 heterocycles. The van der Waals surface area contributed by atoms with Crippen LogP contribution in [0.2, 0.25) is 10.0 Å². The number of nitrogens with zero attached hydrogens (tertiary/aromatic N) is 2. The van der Waals surface area contributed by atoms with Crippen molar-refractivity contribution in [3.8, 4) is 0 Å². The van der Waals surface area contributed by atoms with Crippen LogP contribution < -0.4 is 0 Å². The monoisotopic (exact) mass is 344 g/mol. The number of thioether (sulfide) groups is 1. The maximum atomic E-state index is 12.0. The number of halogens is 2. The summed E-state index contributed by atoms with van der Waals surface area (Å²) in [6, 6.07) is 5.29. The lowest BCUT2D eigenvalue weighted by Gasteiger charge is -2.15. The minimum atomic E-state index is 0.0292. The van der Waals surface area contributed by atoms with Crippen LogP contribution in [0.3, 0.4) is 0 Å². The molecule has 1 amide bonds. The van der Waals surface area contributed by atoms with Crippen LogP contribution in [-0.4, -0.2) is 28.6 Å². The van der Waals surface area contributed by atoms with Gasteiger partial charge in [-0.3, -0.25) is 9.78 Å². The highest BCUT2D eigenvalue weighted by molar-refractivity contribution is 7.99. The Hall–Kier alpha value is -1.17. The number of rotatable bonds is 6. The van der Waals surface area contributed by atoms with Crippen molar-refractivity contribution in [3.05, 3.63) is 52.2 Å². The van der Waals surface area contributed by atoms with Gasteiger partial charge in [0.15, 0.2) is 0 Å². The van der Waals surface area contributed by atoms with E-state index in [2.05, 4.69) is 4.98 Å². The van der Waals surface area contributed by atoms with Crippen LogP contribution in [0.1, 0.15) is 11.5 Å². The summed E-state index contributed by atoms with van der Waals surface area (Å²) in [6.45, 7) is 0.465. The topological polar surface area (TPSA) is 46.3 Å². The SMILES string of the molecule is CN(Cc1ccco1)C(=O)CSCc1ncc(Cl)cc1Cl. The highest BCUT2D eigenvalue weighted by atomic mass is 35.5. The maximum Gasteiger partial charge on any atom is 0.232 e. The lowest BCUT2D eigenvalue weighted by molar-refractivity contribution is -0.127. The van der Waals surface area contributed by atoms with Gasteiger partial charge in [0.05, 0.1) is 34.3 Å². The number of aromatic nitrogens is 1. The molecule has 0 bridgehead atoms. The smallest absolute Gasteiger partial charge is 0.232 e. The Balaban J connectivity index is 1.78. The van der Waals surface area contributed by atoms with E-state index in [1.54, 1.807) is 36.5 Å². The largest absolute Gasteiger partial charge is 0.467 e. The highest BCUT2D eigenvalue weighted by Gasteiger charge is 2.11. The first-order valence-electron chi connectivity index (χ1n) is 6.20. The summed E-state index contributed by atoms with van der Waals surface area (Å²) in [7, 11) is 1.75. The molecule has 0 aliphatic heterocycles. The molecule has 0 saturated heterocycles. The molecule has 112 valence electrons. The van der Waals surface area contributed by atoms with Crippen LogP contribution in [0.5, 0.6) is 0 Å². The van der Waals surface area contributed by atoms with Gasteiger partial charge in [0.2, 0.25) is 5.91 Å². The van der Waals surface area contributed by atoms with Crippen LogP contribution in [-0.2, 0) is 17.1 Å². The van der Waals surface area contributed by atoms with Gasteiger partial charge in [0.25, 0.3) is 0 Å². The average Bonchev–Trinajstić information content (AvgIpc) is 2.94. The molecule has 21 heavy (non-hydrogen) atoms. The summed E-state index contributed by atoms with van der Waals surface area (Å²) in [4.78, 5) is 17.8. The van der Waals surface area contributed by atoms with Crippen LogP contribution >= 0.6 is 35.0 Å². The molecule has 0 aliphatic rings. The summed E-state index contributed by atoms with van der Waals surface area (Å²) in [5.41, 5.74) is 0.729. The van der Waals surface area contributed by atoms with Crippen LogP contribution in [0, 0.1) is 0 Å². The van der Waals surface area contributed by atoms with Gasteiger partial charge >= 0.3 is 0 Å². The Morgan fingerprint density at radius 1 is 1.48 bits per heavy atom. The molecule has 2 aromatic rings. The zero-order valence-electron chi connectivity index (χ0n) is 11.4. The maximum absolute atomic E-state index is 12.0. The summed E-state index contributed by atoms with van der Waals surface area (Å²) in [5, 5.41) is 1.02. The predicted molar refractivity (Wildman–Crippen MR) is 85.6 cm³/mol. The van der Waals surface area contributed by atoms with E-state index in [4.69, 9.17) is 27.6 Å². The minimum absolute atomic E-state index is 0.0292. The molecular weight excluding hydrogens is 331 g/mol. The number of hydrogen-bond donors (Lipinski definition) is 0. The van der Waals surface area contributed by atoms with Crippen molar-refractivity contribution in [2.75, 3.05) is 12.8 Å². The van der Waals surface area contributed by atoms with Gasteiger partial charge in [-0.2, -0.15) is 0 Å². The van der Waals surface area contributed by atoms with E-state index in [-0.39, 0.29) is 5.91 Å². The van der Waals surface area contributed by atoms with E-state index >= 15 is 0 Å². The lowest BCUT2D eigenvalue weighted by atomic mass is 10.4. The Kier molecular flexibility index (Phi) is 5.96. The molecule has 4 nitrogen and oxygen atoms in total. The van der Waals surface area contributed by atoms with Gasteiger partial charge in [-0.25, -0.2) is 0 Å². The van der Waals surface area contributed by atoms with Gasteiger partial charge in [0, 0.05) is 19.0 Å². The van der Waals surface area contributed by atoms with Gasteiger partial charge < -0.3 is 9.32 Å². The minimum Gasteiger partial charge on any atom is -0.467 e. The van der Waals surface area contributed by atoms with E-state index in [1.807, 2.05) is 6.07 Å². The summed E-state index contributed by atoms with van der Waals surface area (Å²) >= 11 is 13.3. The molecule has 0 fully saturated rings. The Labute approximate surface area is 137 Å². The quantitative estimate of drug-likeness (QED) is 0.797. The number of hydrogen-bond acceptors (Lipinski definition) is 4. The molecule has 0 saturated carbocycles. The molecule has 0 atom stereocenters. The summed E-state index contributed by atoms with van der Waals surface area (Å²) in [5.74, 6) is 1.72. The zero-order valence-corrected chi connectivity index (χ0v) is 13.7. The third-order valence-electron chi connectivity index (χ3n) is 2.75. The molecular formula is C14H14Cl2N2O2S. The molecule has 0 N–H and O–H groups in total. The molecule has 7 heteroatoms. The number of carbonyl (C=O) groups excluding carboxylic acids is 1. The van der Waals surface area contributed by atoms with E-state index in [0.717, 1.165) is 11.5 Å². The fraction of sp³-hybridized carbons (Fsp3) is 0.286. The average molecular weight is 345 g/mol. The van der Waals surface area contributed by atoms with E-state index in [9.17, 15) is 4.79 Å². The van der Waals surface area contributed by atoms with Crippen LogP contribution in [0.15, 0.2) is 35.1 Å². The standard InChI is InChI=1S/C14H14Cl2N2O2S/c1-18(7-11-3-2-4-20-11)14(19)9-21-8-13-12(16)5-10(15)6-17-13/h2-6H,7-9H2,1H3. The first-order valence-corrected chi connectivity index (χ1v) is 8.11. The molecule has 0 spiro atoms. The van der Waals surface area contributed by atoms with Crippen molar-refractivity contribution in [3.63, 3.8) is 0 Å². The molecule has 0 aliphatic carbocycles. The second kappa shape index (κ2) is 7.73. The molecule has 2 rings (SSSR count). The van der Waals surface area contributed by atoms with Crippen LogP contribution in [0.4, 0.5) is 0 Å². The second-order valence-corrected chi connectivity index (χ2v) is 6.23. The molecule has 0 radical (unpaired) electrons. The normalized spacial score (nSPS) is 10.6. The van der Waals surface area contributed by atoms with Gasteiger partial charge in [-0.15, -0.1) is 11.8 Å². The lowest BCUT2D eigenvalue weighted by Crippen LogP contribution is -2.27. The Morgan fingerprint density at radius 2 is 2.29 bits per heavy atom. The molecule has 2 aromatic heterocycles. The van der Waals surface area contributed by atoms with Gasteiger partial charge in [-0.05, 0) is 18.2 Å². The van der Waals surface area contributed by atoms with Crippen LogP contribution in [0.25, 0.3) is 0 Å². The molecule has 0 unspecified atom stereocenters. The van der Waals surface area contributed by atoms with Crippen molar-refractivity contribution in [1.82, 2.24) is 9.88 Å². The van der Waals surface area contributed by atoms with Gasteiger partial charge in [0.1, 0.15) is 5.76 Å². The van der Waals surface area contributed by atoms with E-state index in [0.29, 0.717) is 28.1 Å². The summed E-state index contributed by atoms with van der Waals surface area (Å²) < 4.78 is 5.21. The number of pyridine rings is 1. The fourth-order valence-electron chi connectivity index (χ4n) is 1.62. The third-order valence-corrected chi connectivity index (χ3v) is 4.21. The summed E-state index contributed by atoms with van der Waals surface area (Å²) in [6.07, 6.45) is 3.14. The first kappa shape index (κ1) is 16.2. The van der Waals surface area contributed by atoms with Crippen molar-refractivity contribution in [1.29, 1.82) is 0 Å². The number of furan rings is 1. The predicted octanol–water partition coefficient (Wildman–Crippen LogP) is 3.87.